The van der Waals surface area contributed by atoms with Gasteiger partial charge in [-0.1, -0.05) is 33.8 Å². The van der Waals surface area contributed by atoms with Crippen LogP contribution < -0.4 is 9.64 Å². The molecule has 2 unspecified atom stereocenters. The van der Waals surface area contributed by atoms with Crippen molar-refractivity contribution in [2.75, 3.05) is 31.6 Å². The van der Waals surface area contributed by atoms with E-state index in [4.69, 9.17) is 19.9 Å². The summed E-state index contributed by atoms with van der Waals surface area (Å²) >= 11 is 0. The van der Waals surface area contributed by atoms with Gasteiger partial charge in [-0.15, -0.1) is 17.0 Å². The fourth-order valence-corrected chi connectivity index (χ4v) is 5.68. The normalized spacial score (nSPS) is 19.1. The number of pyridine rings is 1. The lowest BCUT2D eigenvalue weighted by atomic mass is 9.84. The molecule has 2 N–H and O–H groups in total. The first kappa shape index (κ1) is 31.0. The first-order chi connectivity index (χ1) is 19.0. The van der Waals surface area contributed by atoms with Gasteiger partial charge in [-0.3, -0.25) is 10.2 Å². The SMILES string of the molecule is Br.CCC(OC1CCN(c2cc(C(=O)CN3Cc4ccc(C5CC5)nc4C3=N)cc(C(C)(C)C)c2OC)C1)C(=O)O. The predicted molar refractivity (Wildman–Crippen MR) is 163 cm³/mol. The number of ketones is 1. The summed E-state index contributed by atoms with van der Waals surface area (Å²) in [5, 5.41) is 18.2. The van der Waals surface area contributed by atoms with Gasteiger partial charge in [0.1, 0.15) is 17.3 Å². The lowest BCUT2D eigenvalue weighted by Crippen LogP contribution is -2.32. The molecule has 9 nitrogen and oxygen atoms in total. The largest absolute Gasteiger partial charge is 0.494 e. The Balaban J connectivity index is 0.00000387. The molecule has 0 amide bonds. The highest BCUT2D eigenvalue weighted by Crippen LogP contribution is 2.42. The molecular weight excluding hydrogens is 588 g/mol. The Labute approximate surface area is 252 Å². The highest BCUT2D eigenvalue weighted by atomic mass is 79.9. The van der Waals surface area contributed by atoms with Crippen molar-refractivity contribution in [3.63, 3.8) is 0 Å². The zero-order valence-electron chi connectivity index (χ0n) is 24.5. The number of aromatic nitrogens is 1. The lowest BCUT2D eigenvalue weighted by Gasteiger charge is -2.29. The van der Waals surface area contributed by atoms with Crippen molar-refractivity contribution < 1.29 is 24.2 Å². The van der Waals surface area contributed by atoms with Crippen molar-refractivity contribution in [1.82, 2.24) is 9.88 Å². The molecule has 0 spiro atoms. The maximum absolute atomic E-state index is 13.7. The van der Waals surface area contributed by atoms with Crippen LogP contribution >= 0.6 is 17.0 Å². The van der Waals surface area contributed by atoms with Crippen LogP contribution in [0.3, 0.4) is 0 Å². The van der Waals surface area contributed by atoms with Crippen LogP contribution in [0.4, 0.5) is 5.69 Å². The molecule has 3 heterocycles. The highest BCUT2D eigenvalue weighted by Gasteiger charge is 2.34. The summed E-state index contributed by atoms with van der Waals surface area (Å²) in [6, 6.07) is 7.91. The van der Waals surface area contributed by atoms with Crippen molar-refractivity contribution in [2.24, 2.45) is 0 Å². The first-order valence-electron chi connectivity index (χ1n) is 14.2. The molecule has 2 atom stereocenters. The summed E-state index contributed by atoms with van der Waals surface area (Å²) in [5.74, 6) is 0.509. The second-order valence-corrected chi connectivity index (χ2v) is 12.2. The predicted octanol–water partition coefficient (Wildman–Crippen LogP) is 5.33. The van der Waals surface area contributed by atoms with E-state index in [1.165, 1.54) is 0 Å². The van der Waals surface area contributed by atoms with E-state index in [9.17, 15) is 14.7 Å². The molecule has 0 bridgehead atoms. The van der Waals surface area contributed by atoms with Crippen LogP contribution in [-0.2, 0) is 21.5 Å². The number of hydrogen-bond donors (Lipinski definition) is 2. The zero-order chi connectivity index (χ0) is 28.8. The summed E-state index contributed by atoms with van der Waals surface area (Å²) in [6.07, 6.45) is 2.34. The van der Waals surface area contributed by atoms with Gasteiger partial charge in [-0.2, -0.15) is 0 Å². The number of Topliss-reactive ketones (excluding diaryl/α,β-unsaturated/α-hetero) is 1. The molecule has 10 heteroatoms. The lowest BCUT2D eigenvalue weighted by molar-refractivity contribution is -0.153. The molecule has 1 aromatic carbocycles. The van der Waals surface area contributed by atoms with Crippen LogP contribution in [0.25, 0.3) is 0 Å². The third-order valence-electron chi connectivity index (χ3n) is 8.12. The number of nitrogens with zero attached hydrogens (tertiary/aromatic N) is 3. The fraction of sp³-hybridized carbons (Fsp3) is 0.548. The number of rotatable bonds is 10. The minimum absolute atomic E-state index is 0. The number of amidine groups is 1. The molecule has 2 aliphatic heterocycles. The third kappa shape index (κ3) is 6.43. The number of nitrogens with one attached hydrogen (secondary N) is 1. The average molecular weight is 630 g/mol. The Morgan fingerprint density at radius 1 is 1.20 bits per heavy atom. The van der Waals surface area contributed by atoms with Gasteiger partial charge in [0.05, 0.1) is 25.4 Å². The molecular formula is C31H41BrN4O5. The van der Waals surface area contributed by atoms with E-state index in [1.807, 2.05) is 12.1 Å². The molecule has 222 valence electrons. The number of aliphatic carboxylic acids is 1. The van der Waals surface area contributed by atoms with Crippen molar-refractivity contribution in [3.8, 4) is 5.75 Å². The number of ether oxygens (including phenoxy) is 2. The first-order valence-corrected chi connectivity index (χ1v) is 14.2. The van der Waals surface area contributed by atoms with Gasteiger partial charge in [0.25, 0.3) is 0 Å². The van der Waals surface area contributed by atoms with E-state index >= 15 is 0 Å². The van der Waals surface area contributed by atoms with Crippen molar-refractivity contribution in [2.45, 2.75) is 83.5 Å². The standard InChI is InChI=1S/C31H40N4O5.BrH/c1-6-26(30(37)38)40-21-11-12-34(16-21)24-14-20(13-22(28(24)39-5)31(2,3)4)25(36)17-35-15-19-9-10-23(18-7-8-18)33-27(19)29(35)32;/h9-10,13-14,18,21,26,32H,6-8,11-12,15-17H2,1-5H3,(H,37,38);1H. The molecule has 1 saturated heterocycles. The number of carbonyl (C=O) groups is 2. The Morgan fingerprint density at radius 2 is 1.93 bits per heavy atom. The van der Waals surface area contributed by atoms with Crippen LogP contribution in [0, 0.1) is 5.41 Å². The second kappa shape index (κ2) is 12.1. The van der Waals surface area contributed by atoms with Gasteiger partial charge in [0, 0.05) is 47.9 Å². The number of fused-ring (bicyclic) bond motifs is 1. The van der Waals surface area contributed by atoms with Crippen molar-refractivity contribution in [1.29, 1.82) is 5.41 Å². The van der Waals surface area contributed by atoms with Crippen LogP contribution in [0.2, 0.25) is 0 Å². The summed E-state index contributed by atoms with van der Waals surface area (Å²) < 4.78 is 11.8. The maximum atomic E-state index is 13.7. The van der Waals surface area contributed by atoms with Crippen LogP contribution in [-0.4, -0.2) is 71.5 Å². The number of halogens is 1. The van der Waals surface area contributed by atoms with E-state index in [2.05, 4.69) is 37.8 Å². The summed E-state index contributed by atoms with van der Waals surface area (Å²) in [4.78, 5) is 33.9. The number of carbonyl (C=O) groups excluding carboxylic acids is 1. The Morgan fingerprint density at radius 3 is 2.54 bits per heavy atom. The van der Waals surface area contributed by atoms with Crippen molar-refractivity contribution >= 4 is 40.3 Å². The molecule has 5 rings (SSSR count). The van der Waals surface area contributed by atoms with Crippen LogP contribution in [0.5, 0.6) is 5.75 Å². The van der Waals surface area contributed by atoms with E-state index in [0.29, 0.717) is 61.2 Å². The van der Waals surface area contributed by atoms with E-state index in [0.717, 1.165) is 35.3 Å². The van der Waals surface area contributed by atoms with Crippen molar-refractivity contribution in [3.05, 3.63) is 52.3 Å². The summed E-state index contributed by atoms with van der Waals surface area (Å²) in [7, 11) is 1.64. The minimum atomic E-state index is -0.949. The molecule has 0 radical (unpaired) electrons. The quantitative estimate of drug-likeness (QED) is 0.339. The summed E-state index contributed by atoms with van der Waals surface area (Å²) in [5.41, 5.74) is 4.74. The number of carboxylic acids is 1. The van der Waals surface area contributed by atoms with Gasteiger partial charge < -0.3 is 24.4 Å². The maximum Gasteiger partial charge on any atom is 0.332 e. The van der Waals surface area contributed by atoms with Gasteiger partial charge in [0.2, 0.25) is 0 Å². The van der Waals surface area contributed by atoms with Crippen LogP contribution in [0.15, 0.2) is 24.3 Å². The van der Waals surface area contributed by atoms with Gasteiger partial charge in [-0.05, 0) is 49.3 Å². The van der Waals surface area contributed by atoms with E-state index in [-0.39, 0.29) is 40.8 Å². The number of anilines is 1. The van der Waals surface area contributed by atoms with Crippen LogP contribution in [0.1, 0.15) is 92.2 Å². The zero-order valence-corrected chi connectivity index (χ0v) is 26.2. The number of benzene rings is 1. The van der Waals surface area contributed by atoms with Gasteiger partial charge in [0.15, 0.2) is 11.9 Å². The van der Waals surface area contributed by atoms with E-state index in [1.54, 1.807) is 18.9 Å². The Bertz CT molecular complexity index is 1340. The molecule has 2 aromatic rings. The molecule has 1 aromatic heterocycles. The smallest absolute Gasteiger partial charge is 0.332 e. The minimum Gasteiger partial charge on any atom is -0.494 e. The monoisotopic (exact) mass is 628 g/mol. The molecule has 41 heavy (non-hydrogen) atoms. The Kier molecular flexibility index (Phi) is 9.13. The fourth-order valence-electron chi connectivity index (χ4n) is 5.68. The highest BCUT2D eigenvalue weighted by molar-refractivity contribution is 8.93. The number of carboxylic acid groups (broad SMARTS) is 1. The third-order valence-corrected chi connectivity index (χ3v) is 8.12. The number of methoxy groups -OCH3 is 1. The second-order valence-electron chi connectivity index (χ2n) is 12.2. The molecule has 1 aliphatic carbocycles. The average Bonchev–Trinajstić information content (AvgIpc) is 3.59. The van der Waals surface area contributed by atoms with Gasteiger partial charge >= 0.3 is 5.97 Å². The molecule has 2 fully saturated rings. The van der Waals surface area contributed by atoms with Gasteiger partial charge in [-0.25, -0.2) is 9.78 Å². The molecule has 3 aliphatic rings. The topological polar surface area (TPSA) is 116 Å². The molecule has 1 saturated carbocycles. The van der Waals surface area contributed by atoms with E-state index < -0.39 is 12.1 Å². The summed E-state index contributed by atoms with van der Waals surface area (Å²) in [6.45, 7) is 9.85. The number of hydrogen-bond acceptors (Lipinski definition) is 7. The Hall–Kier alpha value is -2.98.